The molecule has 0 spiro atoms. The van der Waals surface area contributed by atoms with Crippen molar-refractivity contribution in [1.82, 2.24) is 4.98 Å². The Balaban J connectivity index is 1.53. The summed E-state index contributed by atoms with van der Waals surface area (Å²) < 4.78 is 21.0. The summed E-state index contributed by atoms with van der Waals surface area (Å²) in [5, 5.41) is 3.45. The zero-order valence-electron chi connectivity index (χ0n) is 15.9. The lowest BCUT2D eigenvalue weighted by molar-refractivity contribution is -0.118. The summed E-state index contributed by atoms with van der Waals surface area (Å²) in [6.45, 7) is 1.85. The first-order valence-electron chi connectivity index (χ1n) is 8.85. The molecule has 1 amide bonds. The van der Waals surface area contributed by atoms with Crippen LogP contribution in [0, 0.1) is 6.92 Å². The van der Waals surface area contributed by atoms with Crippen LogP contribution in [0.15, 0.2) is 42.5 Å². The summed E-state index contributed by atoms with van der Waals surface area (Å²) in [6.07, 6.45) is 0. The highest BCUT2D eigenvalue weighted by Gasteiger charge is 2.16. The SMILES string of the molecule is COC(=O)c1cc(OCC(=O)Nc2ccc3c(c2)OCO3)c2cc(C)ccc2n1. The van der Waals surface area contributed by atoms with Gasteiger partial charge in [-0.05, 0) is 31.2 Å². The predicted octanol–water partition coefficient (Wildman–Crippen LogP) is 3.08. The third kappa shape index (κ3) is 3.91. The van der Waals surface area contributed by atoms with Crippen LogP contribution < -0.4 is 19.5 Å². The number of ether oxygens (including phenoxy) is 4. The third-order valence-electron chi connectivity index (χ3n) is 4.34. The number of aromatic nitrogens is 1. The van der Waals surface area contributed by atoms with Gasteiger partial charge in [0.15, 0.2) is 23.8 Å². The minimum Gasteiger partial charge on any atom is -0.483 e. The minimum absolute atomic E-state index is 0.107. The Hall–Kier alpha value is -3.81. The number of nitrogens with zero attached hydrogens (tertiary/aromatic N) is 1. The Morgan fingerprint density at radius 1 is 1.10 bits per heavy atom. The van der Waals surface area contributed by atoms with E-state index < -0.39 is 5.97 Å². The van der Waals surface area contributed by atoms with Gasteiger partial charge in [-0.1, -0.05) is 11.6 Å². The van der Waals surface area contributed by atoms with Gasteiger partial charge in [-0.15, -0.1) is 0 Å². The van der Waals surface area contributed by atoms with E-state index in [1.54, 1.807) is 24.3 Å². The van der Waals surface area contributed by atoms with E-state index in [1.165, 1.54) is 13.2 Å². The fourth-order valence-corrected chi connectivity index (χ4v) is 2.95. The van der Waals surface area contributed by atoms with Gasteiger partial charge in [-0.3, -0.25) is 4.79 Å². The van der Waals surface area contributed by atoms with Crippen molar-refractivity contribution in [2.45, 2.75) is 6.92 Å². The summed E-state index contributed by atoms with van der Waals surface area (Å²) in [5.74, 6) is 0.637. The highest BCUT2D eigenvalue weighted by Crippen LogP contribution is 2.34. The van der Waals surface area contributed by atoms with Gasteiger partial charge in [0.05, 0.1) is 12.6 Å². The fraction of sp³-hybridized carbons (Fsp3) is 0.190. The normalized spacial score (nSPS) is 11.9. The second kappa shape index (κ2) is 7.67. The van der Waals surface area contributed by atoms with Crippen LogP contribution in [0.1, 0.15) is 16.1 Å². The summed E-state index contributed by atoms with van der Waals surface area (Å²) >= 11 is 0. The van der Waals surface area contributed by atoms with Crippen LogP contribution in [-0.2, 0) is 9.53 Å². The van der Waals surface area contributed by atoms with E-state index in [1.807, 2.05) is 19.1 Å². The zero-order valence-corrected chi connectivity index (χ0v) is 15.9. The van der Waals surface area contributed by atoms with Gasteiger partial charge in [0.2, 0.25) is 6.79 Å². The van der Waals surface area contributed by atoms with E-state index in [0.717, 1.165) is 5.56 Å². The molecule has 1 aliphatic rings. The van der Waals surface area contributed by atoms with Crippen LogP contribution in [0.25, 0.3) is 10.9 Å². The van der Waals surface area contributed by atoms with Crippen molar-refractivity contribution in [1.29, 1.82) is 0 Å². The van der Waals surface area contributed by atoms with Gasteiger partial charge in [-0.2, -0.15) is 0 Å². The molecule has 0 radical (unpaired) electrons. The molecule has 0 saturated carbocycles. The number of pyridine rings is 1. The van der Waals surface area contributed by atoms with Crippen molar-refractivity contribution in [2.24, 2.45) is 0 Å². The molecule has 2 heterocycles. The molecule has 1 N–H and O–H groups in total. The summed E-state index contributed by atoms with van der Waals surface area (Å²) in [7, 11) is 1.28. The number of hydrogen-bond donors (Lipinski definition) is 1. The van der Waals surface area contributed by atoms with E-state index in [-0.39, 0.29) is 25.0 Å². The molecule has 1 aliphatic heterocycles. The molecule has 1 aromatic heterocycles. The van der Waals surface area contributed by atoms with Crippen LogP contribution in [-0.4, -0.2) is 37.4 Å². The fourth-order valence-electron chi connectivity index (χ4n) is 2.95. The van der Waals surface area contributed by atoms with E-state index in [2.05, 4.69) is 10.3 Å². The van der Waals surface area contributed by atoms with Crippen molar-refractivity contribution in [3.05, 3.63) is 53.7 Å². The first kappa shape index (κ1) is 18.5. The number of rotatable bonds is 5. The number of nitrogens with one attached hydrogen (secondary N) is 1. The van der Waals surface area contributed by atoms with Gasteiger partial charge in [-0.25, -0.2) is 9.78 Å². The quantitative estimate of drug-likeness (QED) is 0.665. The van der Waals surface area contributed by atoms with Crippen LogP contribution in [0.3, 0.4) is 0 Å². The van der Waals surface area contributed by atoms with Gasteiger partial charge in [0, 0.05) is 23.2 Å². The molecule has 148 valence electrons. The van der Waals surface area contributed by atoms with Gasteiger partial charge >= 0.3 is 5.97 Å². The summed E-state index contributed by atoms with van der Waals surface area (Å²) in [4.78, 5) is 28.6. The van der Waals surface area contributed by atoms with E-state index in [4.69, 9.17) is 18.9 Å². The van der Waals surface area contributed by atoms with Gasteiger partial charge < -0.3 is 24.3 Å². The number of amides is 1. The average Bonchev–Trinajstić information content (AvgIpc) is 3.19. The highest BCUT2D eigenvalue weighted by molar-refractivity contribution is 5.95. The Labute approximate surface area is 166 Å². The van der Waals surface area contributed by atoms with Crippen molar-refractivity contribution >= 4 is 28.5 Å². The van der Waals surface area contributed by atoms with Crippen molar-refractivity contribution in [3.8, 4) is 17.2 Å². The largest absolute Gasteiger partial charge is 0.483 e. The molecule has 0 unspecified atom stereocenters. The Kier molecular flexibility index (Phi) is 4.90. The van der Waals surface area contributed by atoms with E-state index >= 15 is 0 Å². The number of carbonyl (C=O) groups is 2. The van der Waals surface area contributed by atoms with Crippen LogP contribution in [0.2, 0.25) is 0 Å². The number of esters is 1. The number of anilines is 1. The topological polar surface area (TPSA) is 96.0 Å². The molecule has 0 atom stereocenters. The Bertz CT molecular complexity index is 1110. The molecule has 4 rings (SSSR count). The monoisotopic (exact) mass is 394 g/mol. The molecule has 8 heteroatoms. The molecule has 8 nitrogen and oxygen atoms in total. The standard InChI is InChI=1S/C21H18N2O6/c1-12-3-5-15-14(7-12)18(9-16(23-15)21(25)26-2)27-10-20(24)22-13-4-6-17-19(8-13)29-11-28-17/h3-9H,10-11H2,1-2H3,(H,22,24). The highest BCUT2D eigenvalue weighted by atomic mass is 16.7. The molecule has 3 aromatic rings. The number of hydrogen-bond acceptors (Lipinski definition) is 7. The number of carbonyl (C=O) groups excluding carboxylic acids is 2. The maximum atomic E-state index is 12.3. The summed E-state index contributed by atoms with van der Waals surface area (Å²) in [5.41, 5.74) is 2.24. The zero-order chi connectivity index (χ0) is 20.4. The molecular formula is C21H18N2O6. The van der Waals surface area contributed by atoms with Crippen LogP contribution in [0.5, 0.6) is 17.2 Å². The van der Waals surface area contributed by atoms with Crippen molar-refractivity contribution in [2.75, 3.05) is 25.8 Å². The third-order valence-corrected chi connectivity index (χ3v) is 4.34. The van der Waals surface area contributed by atoms with Crippen molar-refractivity contribution in [3.63, 3.8) is 0 Å². The van der Waals surface area contributed by atoms with Crippen molar-refractivity contribution < 1.29 is 28.5 Å². The molecule has 29 heavy (non-hydrogen) atoms. The lowest BCUT2D eigenvalue weighted by Gasteiger charge is -2.12. The number of aryl methyl sites for hydroxylation is 1. The lowest BCUT2D eigenvalue weighted by atomic mass is 10.1. The number of methoxy groups -OCH3 is 1. The van der Waals surface area contributed by atoms with E-state index in [9.17, 15) is 9.59 Å². The second-order valence-corrected chi connectivity index (χ2v) is 6.42. The molecule has 0 saturated heterocycles. The number of fused-ring (bicyclic) bond motifs is 2. The second-order valence-electron chi connectivity index (χ2n) is 6.42. The lowest BCUT2D eigenvalue weighted by Crippen LogP contribution is -2.20. The Morgan fingerprint density at radius 2 is 1.93 bits per heavy atom. The minimum atomic E-state index is -0.581. The predicted molar refractivity (Wildman–Crippen MR) is 105 cm³/mol. The maximum absolute atomic E-state index is 12.3. The summed E-state index contributed by atoms with van der Waals surface area (Å²) in [6, 6.07) is 12.1. The Morgan fingerprint density at radius 3 is 2.76 bits per heavy atom. The van der Waals surface area contributed by atoms with Crippen LogP contribution in [0.4, 0.5) is 5.69 Å². The number of benzene rings is 2. The first-order valence-corrected chi connectivity index (χ1v) is 8.85. The average molecular weight is 394 g/mol. The molecule has 0 bridgehead atoms. The molecule has 2 aromatic carbocycles. The van der Waals surface area contributed by atoms with Gasteiger partial charge in [0.1, 0.15) is 5.75 Å². The first-order chi connectivity index (χ1) is 14.0. The molecule has 0 fully saturated rings. The smallest absolute Gasteiger partial charge is 0.356 e. The molecular weight excluding hydrogens is 376 g/mol. The van der Waals surface area contributed by atoms with Crippen LogP contribution >= 0.6 is 0 Å². The van der Waals surface area contributed by atoms with Gasteiger partial charge in [0.25, 0.3) is 5.91 Å². The maximum Gasteiger partial charge on any atom is 0.356 e. The molecule has 0 aliphatic carbocycles. The van der Waals surface area contributed by atoms with E-state index in [0.29, 0.717) is 33.8 Å².